The second-order valence-corrected chi connectivity index (χ2v) is 3.85. The highest BCUT2D eigenvalue weighted by Gasteiger charge is 2.09. The molecule has 2 rings (SSSR count). The Morgan fingerprint density at radius 3 is 2.44 bits per heavy atom. The molecule has 0 heterocycles. The molecule has 3 nitrogen and oxygen atoms in total. The molecule has 0 atom stereocenters. The van der Waals surface area contributed by atoms with Gasteiger partial charge in [-0.1, -0.05) is 42.5 Å². The molecule has 0 bridgehead atoms. The molecule has 1 amide bonds. The molecular weight excluding hydrogens is 226 g/mol. The lowest BCUT2D eigenvalue weighted by atomic mass is 10.2. The summed E-state index contributed by atoms with van der Waals surface area (Å²) in [5.74, 6) is 0.458. The molecule has 2 aromatic rings. The van der Waals surface area contributed by atoms with Crippen LogP contribution in [0.3, 0.4) is 0 Å². The van der Waals surface area contributed by atoms with Crippen LogP contribution in [0.15, 0.2) is 54.6 Å². The van der Waals surface area contributed by atoms with Crippen LogP contribution in [-0.2, 0) is 6.61 Å². The number of nitrogens with one attached hydrogen (secondary N) is 1. The van der Waals surface area contributed by atoms with Gasteiger partial charge in [-0.25, -0.2) is 0 Å². The third kappa shape index (κ3) is 2.88. The van der Waals surface area contributed by atoms with E-state index < -0.39 is 0 Å². The average Bonchev–Trinajstić information content (AvgIpc) is 2.45. The minimum absolute atomic E-state index is 0.140. The van der Waals surface area contributed by atoms with Crippen LogP contribution in [0, 0.1) is 0 Å². The van der Waals surface area contributed by atoms with E-state index in [0.29, 0.717) is 17.9 Å². The standard InChI is InChI=1S/C15H15NO2/c1-16-15(17)13-9-5-6-10-14(13)18-11-12-7-3-2-4-8-12/h2-10H,11H2,1H3,(H,16,17). The Morgan fingerprint density at radius 1 is 1.06 bits per heavy atom. The lowest BCUT2D eigenvalue weighted by Crippen LogP contribution is -2.18. The number of para-hydroxylation sites is 1. The van der Waals surface area contributed by atoms with Crippen molar-refractivity contribution in [1.82, 2.24) is 5.32 Å². The molecule has 0 aliphatic rings. The van der Waals surface area contributed by atoms with Gasteiger partial charge in [0.15, 0.2) is 0 Å². The Balaban J connectivity index is 2.12. The minimum atomic E-state index is -0.140. The van der Waals surface area contributed by atoms with Crippen LogP contribution in [0.5, 0.6) is 5.75 Å². The summed E-state index contributed by atoms with van der Waals surface area (Å²) in [7, 11) is 1.61. The van der Waals surface area contributed by atoms with E-state index in [4.69, 9.17) is 4.74 Å². The van der Waals surface area contributed by atoms with Crippen molar-refractivity contribution >= 4 is 5.91 Å². The molecule has 3 heteroatoms. The monoisotopic (exact) mass is 241 g/mol. The first-order valence-corrected chi connectivity index (χ1v) is 5.79. The summed E-state index contributed by atoms with van der Waals surface area (Å²) < 4.78 is 5.69. The number of hydrogen-bond donors (Lipinski definition) is 1. The lowest BCUT2D eigenvalue weighted by molar-refractivity contribution is 0.0958. The van der Waals surface area contributed by atoms with E-state index in [1.165, 1.54) is 0 Å². The quantitative estimate of drug-likeness (QED) is 0.893. The predicted molar refractivity (Wildman–Crippen MR) is 70.6 cm³/mol. The van der Waals surface area contributed by atoms with Gasteiger partial charge >= 0.3 is 0 Å². The van der Waals surface area contributed by atoms with Gasteiger partial charge in [-0.2, -0.15) is 0 Å². The molecule has 92 valence electrons. The van der Waals surface area contributed by atoms with Crippen molar-refractivity contribution in [1.29, 1.82) is 0 Å². The third-order valence-corrected chi connectivity index (χ3v) is 2.60. The van der Waals surface area contributed by atoms with Crippen molar-refractivity contribution in [2.24, 2.45) is 0 Å². The molecule has 0 saturated carbocycles. The topological polar surface area (TPSA) is 38.3 Å². The van der Waals surface area contributed by atoms with Gasteiger partial charge < -0.3 is 10.1 Å². The zero-order chi connectivity index (χ0) is 12.8. The fourth-order valence-corrected chi connectivity index (χ4v) is 1.65. The van der Waals surface area contributed by atoms with E-state index in [1.807, 2.05) is 42.5 Å². The third-order valence-electron chi connectivity index (χ3n) is 2.60. The summed E-state index contributed by atoms with van der Waals surface area (Å²) in [5.41, 5.74) is 1.63. The van der Waals surface area contributed by atoms with Crippen molar-refractivity contribution in [2.45, 2.75) is 6.61 Å². The summed E-state index contributed by atoms with van der Waals surface area (Å²) in [4.78, 5) is 11.7. The number of ether oxygens (including phenoxy) is 1. The van der Waals surface area contributed by atoms with Crippen molar-refractivity contribution in [3.8, 4) is 5.75 Å². The molecule has 0 aliphatic carbocycles. The number of hydrogen-bond acceptors (Lipinski definition) is 2. The largest absolute Gasteiger partial charge is 0.488 e. The van der Waals surface area contributed by atoms with E-state index in [0.717, 1.165) is 5.56 Å². The summed E-state index contributed by atoms with van der Waals surface area (Å²) in [6.07, 6.45) is 0. The molecule has 0 aromatic heterocycles. The number of carbonyl (C=O) groups is 1. The van der Waals surface area contributed by atoms with E-state index in [2.05, 4.69) is 5.32 Å². The number of benzene rings is 2. The van der Waals surface area contributed by atoms with Gasteiger partial charge in [0.05, 0.1) is 5.56 Å². The Bertz CT molecular complexity index is 523. The minimum Gasteiger partial charge on any atom is -0.488 e. The molecular formula is C15H15NO2. The average molecular weight is 241 g/mol. The van der Waals surface area contributed by atoms with Crippen molar-refractivity contribution in [3.63, 3.8) is 0 Å². The predicted octanol–water partition coefficient (Wildman–Crippen LogP) is 2.63. The van der Waals surface area contributed by atoms with Crippen LogP contribution in [0.25, 0.3) is 0 Å². The maximum Gasteiger partial charge on any atom is 0.254 e. The molecule has 0 radical (unpaired) electrons. The fourth-order valence-electron chi connectivity index (χ4n) is 1.65. The molecule has 0 aliphatic heterocycles. The fraction of sp³-hybridized carbons (Fsp3) is 0.133. The van der Waals surface area contributed by atoms with Gasteiger partial charge in [-0.05, 0) is 17.7 Å². The number of carbonyl (C=O) groups excluding carboxylic acids is 1. The Kier molecular flexibility index (Phi) is 3.97. The summed E-state index contributed by atoms with van der Waals surface area (Å²) >= 11 is 0. The number of amides is 1. The molecule has 2 aromatic carbocycles. The Hall–Kier alpha value is -2.29. The Labute approximate surface area is 106 Å². The lowest BCUT2D eigenvalue weighted by Gasteiger charge is -2.10. The van der Waals surface area contributed by atoms with E-state index in [9.17, 15) is 4.79 Å². The highest BCUT2D eigenvalue weighted by Crippen LogP contribution is 2.19. The van der Waals surface area contributed by atoms with Gasteiger partial charge in [-0.3, -0.25) is 4.79 Å². The molecule has 0 spiro atoms. The maximum absolute atomic E-state index is 11.7. The van der Waals surface area contributed by atoms with Gasteiger partial charge in [0.25, 0.3) is 5.91 Å². The smallest absolute Gasteiger partial charge is 0.254 e. The van der Waals surface area contributed by atoms with E-state index in [-0.39, 0.29) is 5.91 Å². The van der Waals surface area contributed by atoms with Crippen LogP contribution < -0.4 is 10.1 Å². The van der Waals surface area contributed by atoms with Crippen LogP contribution in [0.4, 0.5) is 0 Å². The van der Waals surface area contributed by atoms with Crippen molar-refractivity contribution < 1.29 is 9.53 Å². The normalized spacial score (nSPS) is 9.83. The van der Waals surface area contributed by atoms with Gasteiger partial charge in [-0.15, -0.1) is 0 Å². The first kappa shape index (κ1) is 12.2. The van der Waals surface area contributed by atoms with Crippen molar-refractivity contribution in [3.05, 3.63) is 65.7 Å². The van der Waals surface area contributed by atoms with Gasteiger partial charge in [0, 0.05) is 7.05 Å². The highest BCUT2D eigenvalue weighted by molar-refractivity contribution is 5.96. The Morgan fingerprint density at radius 2 is 1.72 bits per heavy atom. The zero-order valence-corrected chi connectivity index (χ0v) is 10.2. The first-order chi connectivity index (χ1) is 8.81. The van der Waals surface area contributed by atoms with Gasteiger partial charge in [0.1, 0.15) is 12.4 Å². The molecule has 18 heavy (non-hydrogen) atoms. The highest BCUT2D eigenvalue weighted by atomic mass is 16.5. The van der Waals surface area contributed by atoms with Gasteiger partial charge in [0.2, 0.25) is 0 Å². The zero-order valence-electron chi connectivity index (χ0n) is 10.2. The molecule has 1 N–H and O–H groups in total. The van der Waals surface area contributed by atoms with Crippen LogP contribution >= 0.6 is 0 Å². The molecule has 0 saturated heterocycles. The first-order valence-electron chi connectivity index (χ1n) is 5.79. The SMILES string of the molecule is CNC(=O)c1ccccc1OCc1ccccc1. The summed E-state index contributed by atoms with van der Waals surface area (Å²) in [6, 6.07) is 17.1. The summed E-state index contributed by atoms with van der Waals surface area (Å²) in [5, 5.41) is 2.60. The maximum atomic E-state index is 11.7. The van der Waals surface area contributed by atoms with Crippen molar-refractivity contribution in [2.75, 3.05) is 7.05 Å². The van der Waals surface area contributed by atoms with Crippen LogP contribution in [-0.4, -0.2) is 13.0 Å². The van der Waals surface area contributed by atoms with E-state index in [1.54, 1.807) is 19.2 Å². The van der Waals surface area contributed by atoms with Crippen LogP contribution in [0.2, 0.25) is 0 Å². The summed E-state index contributed by atoms with van der Waals surface area (Å²) in [6.45, 7) is 0.453. The second-order valence-electron chi connectivity index (χ2n) is 3.85. The van der Waals surface area contributed by atoms with E-state index >= 15 is 0 Å². The van der Waals surface area contributed by atoms with Crippen LogP contribution in [0.1, 0.15) is 15.9 Å². The molecule has 0 fully saturated rings. The second kappa shape index (κ2) is 5.87. The molecule has 0 unspecified atom stereocenters. The number of rotatable bonds is 4.